The van der Waals surface area contributed by atoms with Crippen LogP contribution >= 0.6 is 11.6 Å². The van der Waals surface area contributed by atoms with Gasteiger partial charge in [0, 0.05) is 0 Å². The number of rotatable bonds is 5. The molecular weight excluding hydrogens is 400 g/mol. The maximum Gasteiger partial charge on any atom is 0.328 e. The molecule has 0 bridgehead atoms. The molecule has 10 heteroatoms. The molecule has 1 N–H and O–H groups in total. The molecule has 0 aliphatic rings. The van der Waals surface area contributed by atoms with E-state index in [1.807, 2.05) is 0 Å². The molecule has 0 aliphatic heterocycles. The first-order valence-electron chi connectivity index (χ1n) is 8.48. The summed E-state index contributed by atoms with van der Waals surface area (Å²) >= 11 is 6.08. The highest BCUT2D eigenvalue weighted by Gasteiger charge is 2.15. The summed E-state index contributed by atoms with van der Waals surface area (Å²) in [6.45, 7) is -0.729. The smallest absolute Gasteiger partial charge is 0.328 e. The van der Waals surface area contributed by atoms with Crippen molar-refractivity contribution in [2.24, 2.45) is 0 Å². The van der Waals surface area contributed by atoms with Gasteiger partial charge >= 0.3 is 5.97 Å². The van der Waals surface area contributed by atoms with Gasteiger partial charge in [0.25, 0.3) is 17.0 Å². The van der Waals surface area contributed by atoms with Crippen LogP contribution in [0.15, 0.2) is 62.6 Å². The lowest BCUT2D eigenvalue weighted by Gasteiger charge is -2.06. The van der Waals surface area contributed by atoms with Crippen LogP contribution in [0.1, 0.15) is 5.82 Å². The van der Waals surface area contributed by atoms with Crippen molar-refractivity contribution in [1.29, 1.82) is 0 Å². The van der Waals surface area contributed by atoms with Gasteiger partial charge in [-0.05, 0) is 24.3 Å². The van der Waals surface area contributed by atoms with Gasteiger partial charge in [0.15, 0.2) is 6.61 Å². The molecule has 2 heterocycles. The first kappa shape index (κ1) is 18.6. The van der Waals surface area contributed by atoms with E-state index in [1.165, 1.54) is 12.1 Å². The molecule has 0 radical (unpaired) electrons. The van der Waals surface area contributed by atoms with Crippen LogP contribution in [0.4, 0.5) is 0 Å². The summed E-state index contributed by atoms with van der Waals surface area (Å²) in [4.78, 5) is 40.7. The largest absolute Gasteiger partial charge is 0.456 e. The molecule has 0 aliphatic carbocycles. The first-order valence-corrected chi connectivity index (χ1v) is 8.85. The number of nitrogens with one attached hydrogen (secondary N) is 1. The Morgan fingerprint density at radius 2 is 1.83 bits per heavy atom. The zero-order valence-corrected chi connectivity index (χ0v) is 15.5. The highest BCUT2D eigenvalue weighted by atomic mass is 35.5. The van der Waals surface area contributed by atoms with E-state index in [9.17, 15) is 14.4 Å². The average molecular weight is 413 g/mol. The number of hydrogen-bond donors (Lipinski definition) is 1. The Bertz CT molecular complexity index is 1320. The van der Waals surface area contributed by atoms with E-state index in [1.54, 1.807) is 36.4 Å². The van der Waals surface area contributed by atoms with E-state index < -0.39 is 23.6 Å². The van der Waals surface area contributed by atoms with Crippen LogP contribution in [-0.4, -0.2) is 25.9 Å². The Labute approximate surface area is 167 Å². The van der Waals surface area contributed by atoms with Crippen LogP contribution in [0.2, 0.25) is 5.02 Å². The summed E-state index contributed by atoms with van der Waals surface area (Å²) in [6.07, 6.45) is 0. The number of ether oxygens (including phenoxy) is 1. The molecule has 0 saturated carbocycles. The van der Waals surface area contributed by atoms with E-state index >= 15 is 0 Å². The zero-order chi connectivity index (χ0) is 20.4. The van der Waals surface area contributed by atoms with Crippen molar-refractivity contribution >= 4 is 28.3 Å². The third kappa shape index (κ3) is 3.81. The molecule has 146 valence electrons. The summed E-state index contributed by atoms with van der Waals surface area (Å²) in [6, 6.07) is 13.3. The topological polar surface area (TPSA) is 120 Å². The van der Waals surface area contributed by atoms with E-state index in [2.05, 4.69) is 15.2 Å². The van der Waals surface area contributed by atoms with E-state index in [-0.39, 0.29) is 29.1 Å². The lowest BCUT2D eigenvalue weighted by molar-refractivity contribution is -0.146. The predicted octanol–water partition coefficient (Wildman–Crippen LogP) is 2.14. The number of aromatic amines is 1. The quantitative estimate of drug-likeness (QED) is 0.498. The Balaban J connectivity index is 1.46. The second-order valence-electron chi connectivity index (χ2n) is 6.03. The Hall–Kier alpha value is -3.72. The van der Waals surface area contributed by atoms with E-state index in [4.69, 9.17) is 20.9 Å². The molecule has 4 rings (SSSR count). The number of halogens is 1. The fraction of sp³-hybridized carbons (Fsp3) is 0.105. The van der Waals surface area contributed by atoms with Gasteiger partial charge in [0.1, 0.15) is 6.54 Å². The first-order chi connectivity index (χ1) is 14.0. The maximum absolute atomic E-state index is 12.4. The van der Waals surface area contributed by atoms with Crippen LogP contribution < -0.4 is 11.1 Å². The van der Waals surface area contributed by atoms with Gasteiger partial charge in [-0.25, -0.2) is 4.68 Å². The Morgan fingerprint density at radius 1 is 1.10 bits per heavy atom. The van der Waals surface area contributed by atoms with Gasteiger partial charge in [-0.1, -0.05) is 41.0 Å². The maximum atomic E-state index is 12.4. The number of aromatic nitrogens is 4. The number of carbonyl (C=O) groups excluding carboxylic acids is 1. The average Bonchev–Trinajstić information content (AvgIpc) is 3.19. The molecule has 9 nitrogen and oxygen atoms in total. The second-order valence-corrected chi connectivity index (χ2v) is 6.44. The number of esters is 1. The van der Waals surface area contributed by atoms with Crippen molar-refractivity contribution in [3.05, 3.63) is 80.1 Å². The summed E-state index contributed by atoms with van der Waals surface area (Å²) in [5.74, 6) is -0.425. The minimum absolute atomic E-state index is 0.132. The minimum atomic E-state index is -0.748. The number of H-pyrrole nitrogens is 1. The summed E-state index contributed by atoms with van der Waals surface area (Å²) in [5.41, 5.74) is -0.423. The second kappa shape index (κ2) is 7.72. The van der Waals surface area contributed by atoms with Crippen molar-refractivity contribution in [1.82, 2.24) is 19.9 Å². The fourth-order valence-corrected chi connectivity index (χ4v) is 2.95. The number of benzene rings is 2. The van der Waals surface area contributed by atoms with Gasteiger partial charge in [0.2, 0.25) is 5.82 Å². The van der Waals surface area contributed by atoms with E-state index in [0.29, 0.717) is 10.6 Å². The molecule has 0 fully saturated rings. The fourth-order valence-electron chi connectivity index (χ4n) is 2.73. The lowest BCUT2D eigenvalue weighted by Crippen LogP contribution is -2.32. The van der Waals surface area contributed by atoms with Gasteiger partial charge in [-0.3, -0.25) is 19.5 Å². The highest BCUT2D eigenvalue weighted by molar-refractivity contribution is 6.33. The molecule has 0 unspecified atom stereocenters. The van der Waals surface area contributed by atoms with Crippen LogP contribution in [-0.2, 0) is 22.7 Å². The summed E-state index contributed by atoms with van der Waals surface area (Å²) in [5, 5.41) is 7.01. The normalized spacial score (nSPS) is 10.9. The van der Waals surface area contributed by atoms with Crippen molar-refractivity contribution < 1.29 is 14.1 Å². The zero-order valence-electron chi connectivity index (χ0n) is 14.8. The number of fused-ring (bicyclic) bond motifs is 1. The Kier molecular flexibility index (Phi) is 4.96. The number of hydrogen-bond acceptors (Lipinski definition) is 7. The lowest BCUT2D eigenvalue weighted by atomic mass is 10.2. The molecule has 4 aromatic rings. The number of carbonyl (C=O) groups is 1. The van der Waals surface area contributed by atoms with E-state index in [0.717, 1.165) is 4.68 Å². The van der Waals surface area contributed by atoms with Crippen molar-refractivity contribution in [2.45, 2.75) is 13.2 Å². The van der Waals surface area contributed by atoms with Crippen LogP contribution in [0, 0.1) is 0 Å². The van der Waals surface area contributed by atoms with Crippen LogP contribution in [0.3, 0.4) is 0 Å². The monoisotopic (exact) mass is 412 g/mol. The minimum Gasteiger partial charge on any atom is -0.456 e. The van der Waals surface area contributed by atoms with Gasteiger partial charge < -0.3 is 9.26 Å². The SMILES string of the molecule is O=C(Cn1[nH]c(=O)c2ccccc2c1=O)OCc1noc(-c2ccccc2Cl)n1. The third-order valence-electron chi connectivity index (χ3n) is 4.11. The van der Waals surface area contributed by atoms with Crippen LogP contribution in [0.25, 0.3) is 22.2 Å². The van der Waals surface area contributed by atoms with Crippen LogP contribution in [0.5, 0.6) is 0 Å². The third-order valence-corrected chi connectivity index (χ3v) is 4.44. The molecule has 2 aromatic carbocycles. The molecule has 2 aromatic heterocycles. The molecule has 0 spiro atoms. The number of nitrogens with zero attached hydrogens (tertiary/aromatic N) is 3. The van der Waals surface area contributed by atoms with Crippen molar-refractivity contribution in [3.8, 4) is 11.5 Å². The van der Waals surface area contributed by atoms with Crippen molar-refractivity contribution in [2.75, 3.05) is 0 Å². The van der Waals surface area contributed by atoms with Crippen molar-refractivity contribution in [3.63, 3.8) is 0 Å². The predicted molar refractivity (Wildman–Crippen MR) is 103 cm³/mol. The molecule has 0 saturated heterocycles. The Morgan fingerprint density at radius 3 is 2.62 bits per heavy atom. The van der Waals surface area contributed by atoms with Gasteiger partial charge in [-0.15, -0.1) is 0 Å². The van der Waals surface area contributed by atoms with Gasteiger partial charge in [-0.2, -0.15) is 4.98 Å². The summed E-state index contributed by atoms with van der Waals surface area (Å²) < 4.78 is 11.1. The van der Waals surface area contributed by atoms with Gasteiger partial charge in [0.05, 0.1) is 21.4 Å². The summed E-state index contributed by atoms with van der Waals surface area (Å²) in [7, 11) is 0. The molecule has 0 atom stereocenters. The molecular formula is C19H13ClN4O5. The molecule has 29 heavy (non-hydrogen) atoms. The standard InChI is InChI=1S/C19H13ClN4O5/c20-14-8-4-3-7-13(14)18-21-15(23-29-18)10-28-16(25)9-24-19(27)12-6-2-1-5-11(12)17(26)22-24/h1-8H,9-10H2,(H,22,26). The molecule has 0 amide bonds. The highest BCUT2D eigenvalue weighted by Crippen LogP contribution is 2.25.